The fraction of sp³-hybridized carbons (Fsp3) is 0. The van der Waals surface area contributed by atoms with Crippen molar-refractivity contribution in [1.82, 2.24) is 0 Å². The molecule has 0 fully saturated rings. The summed E-state index contributed by atoms with van der Waals surface area (Å²) < 4.78 is 0. The molecule has 0 aromatic rings. The van der Waals surface area contributed by atoms with Crippen molar-refractivity contribution >= 4 is 25.8 Å². The Kier molecular flexibility index (Phi) is 70.4. The fourth-order valence-corrected chi connectivity index (χ4v) is 0. The van der Waals surface area contributed by atoms with Gasteiger partial charge in [0.2, 0.25) is 0 Å². The van der Waals surface area contributed by atoms with Crippen LogP contribution in [0.25, 0.3) is 0 Å². The van der Waals surface area contributed by atoms with Crippen LogP contribution in [-0.2, 0) is 19.5 Å². The van der Waals surface area contributed by atoms with Crippen molar-refractivity contribution in [2.24, 2.45) is 0 Å². The molecule has 0 saturated carbocycles. The minimum atomic E-state index is -1.75. The van der Waals surface area contributed by atoms with Gasteiger partial charge in [-0.3, -0.25) is 0 Å². The summed E-state index contributed by atoms with van der Waals surface area (Å²) in [5.41, 5.74) is 0. The van der Waals surface area contributed by atoms with Crippen molar-refractivity contribution in [1.29, 1.82) is 0 Å². The van der Waals surface area contributed by atoms with Crippen LogP contribution in [0.2, 0.25) is 0 Å². The van der Waals surface area contributed by atoms with E-state index in [9.17, 15) is 0 Å². The molecule has 22 heavy (non-hydrogen) atoms. The molecular formula is InN5O15Zn. The van der Waals surface area contributed by atoms with Crippen molar-refractivity contribution in [3.8, 4) is 0 Å². The summed E-state index contributed by atoms with van der Waals surface area (Å²) in [5, 5.41) is 73.8. The maximum atomic E-state index is 8.25. The van der Waals surface area contributed by atoms with E-state index in [-0.39, 0.29) is 45.3 Å². The standard InChI is InChI=1S/In.5NO3.Zn/c;5*2-1(3)4;/q+3;5*-1;+2. The summed E-state index contributed by atoms with van der Waals surface area (Å²) in [6.45, 7) is 0. The van der Waals surface area contributed by atoms with Crippen LogP contribution in [0.4, 0.5) is 0 Å². The first-order valence-electron chi connectivity index (χ1n) is 2.74. The average Bonchev–Trinajstić information content (AvgIpc) is 1.94. The van der Waals surface area contributed by atoms with E-state index >= 15 is 0 Å². The molecule has 0 atom stereocenters. The number of rotatable bonds is 0. The molecule has 0 spiro atoms. The first kappa shape index (κ1) is 42.7. The van der Waals surface area contributed by atoms with E-state index in [4.69, 9.17) is 76.6 Å². The molecule has 0 aromatic heterocycles. The van der Waals surface area contributed by atoms with Crippen molar-refractivity contribution in [2.45, 2.75) is 0 Å². The number of nitrogens with zero attached hydrogens (tertiary/aromatic N) is 5. The van der Waals surface area contributed by atoms with Crippen LogP contribution in [0.15, 0.2) is 0 Å². The van der Waals surface area contributed by atoms with E-state index < -0.39 is 25.4 Å². The van der Waals surface area contributed by atoms with Gasteiger partial charge in [0, 0.05) is 0 Å². The van der Waals surface area contributed by atoms with Crippen LogP contribution in [0.3, 0.4) is 0 Å². The Balaban J connectivity index is -0.0000000250. The van der Waals surface area contributed by atoms with Crippen LogP contribution in [0.5, 0.6) is 0 Å². The van der Waals surface area contributed by atoms with Gasteiger partial charge in [0.15, 0.2) is 0 Å². The molecule has 0 aliphatic rings. The van der Waals surface area contributed by atoms with Crippen molar-refractivity contribution < 1.29 is 44.9 Å². The van der Waals surface area contributed by atoms with Crippen molar-refractivity contribution in [3.05, 3.63) is 76.6 Å². The van der Waals surface area contributed by atoms with Gasteiger partial charge in [-0.1, -0.05) is 0 Å². The first-order chi connectivity index (χ1) is 8.66. The predicted octanol–water partition coefficient (Wildman–Crippen LogP) is -1.58. The molecule has 0 radical (unpaired) electrons. The molecule has 0 aromatic carbocycles. The Bertz CT molecular complexity index is 213. The largest absolute Gasteiger partial charge is 3.00 e. The summed E-state index contributed by atoms with van der Waals surface area (Å²) >= 11 is 0. The van der Waals surface area contributed by atoms with Gasteiger partial charge >= 0.3 is 45.3 Å². The summed E-state index contributed by atoms with van der Waals surface area (Å²) in [4.78, 5) is 41.2. The molecule has 0 unspecified atom stereocenters. The Hall–Kier alpha value is -2.51. The van der Waals surface area contributed by atoms with Crippen LogP contribution in [0.1, 0.15) is 0 Å². The van der Waals surface area contributed by atoms with E-state index in [1.165, 1.54) is 0 Å². The minimum Gasteiger partial charge on any atom is -0.356 e. The second-order valence-electron chi connectivity index (χ2n) is 1.12. The third-order valence-corrected chi connectivity index (χ3v) is 0. The van der Waals surface area contributed by atoms with E-state index in [1.807, 2.05) is 0 Å². The second-order valence-corrected chi connectivity index (χ2v) is 1.12. The molecule has 0 heterocycles. The maximum absolute atomic E-state index is 8.25. The second kappa shape index (κ2) is 36.3. The van der Waals surface area contributed by atoms with Gasteiger partial charge in [-0.15, -0.1) is 0 Å². The zero-order valence-electron chi connectivity index (χ0n) is 9.64. The number of hydrogen-bond donors (Lipinski definition) is 0. The van der Waals surface area contributed by atoms with Gasteiger partial charge in [-0.25, -0.2) is 0 Å². The SMILES string of the molecule is O=[N+]([O-])[O-].O=[N+]([O-])[O-].O=[N+]([O-])[O-].O=[N+]([O-])[O-].O=[N+]([O-])[O-].[In+3].[Zn+2]. The van der Waals surface area contributed by atoms with Crippen LogP contribution in [0, 0.1) is 76.6 Å². The predicted molar refractivity (Wildman–Crippen MR) is 57.6 cm³/mol. The molecule has 0 aliphatic heterocycles. The molecule has 120 valence electrons. The first-order valence-corrected chi connectivity index (χ1v) is 2.74. The van der Waals surface area contributed by atoms with Gasteiger partial charge in [0.25, 0.3) is 0 Å². The Morgan fingerprint density at radius 3 is 0.364 bits per heavy atom. The van der Waals surface area contributed by atoms with Crippen LogP contribution < -0.4 is 0 Å². The monoisotopic (exact) mass is 489 g/mol. The molecule has 0 amide bonds. The third kappa shape index (κ3) is 757. The van der Waals surface area contributed by atoms with Gasteiger partial charge in [-0.2, -0.15) is 0 Å². The third-order valence-electron chi connectivity index (χ3n) is 0. The van der Waals surface area contributed by atoms with Gasteiger partial charge in [0.05, 0.1) is 25.4 Å². The van der Waals surface area contributed by atoms with E-state index in [1.54, 1.807) is 0 Å². The Labute approximate surface area is 147 Å². The Morgan fingerprint density at radius 2 is 0.364 bits per heavy atom. The molecule has 0 aliphatic carbocycles. The zero-order valence-corrected chi connectivity index (χ0v) is 15.9. The topological polar surface area (TPSA) is 331 Å². The normalized spacial score (nSPS) is 5.45. The molecule has 22 heteroatoms. The molecular weight excluding hydrogens is 490 g/mol. The summed E-state index contributed by atoms with van der Waals surface area (Å²) in [6, 6.07) is 0. The van der Waals surface area contributed by atoms with E-state index in [0.29, 0.717) is 0 Å². The maximum Gasteiger partial charge on any atom is 3.00 e. The van der Waals surface area contributed by atoms with Crippen LogP contribution >= 0.6 is 0 Å². The summed E-state index contributed by atoms with van der Waals surface area (Å²) in [7, 11) is 0. The average molecular weight is 490 g/mol. The zero-order chi connectivity index (χ0) is 17.9. The summed E-state index contributed by atoms with van der Waals surface area (Å²) in [6.07, 6.45) is 0. The van der Waals surface area contributed by atoms with Gasteiger partial charge in [0.1, 0.15) is 0 Å². The summed E-state index contributed by atoms with van der Waals surface area (Å²) in [5.74, 6) is 0. The molecule has 0 bridgehead atoms. The van der Waals surface area contributed by atoms with E-state index in [0.717, 1.165) is 0 Å². The molecule has 0 N–H and O–H groups in total. The quantitative estimate of drug-likeness (QED) is 0.210. The van der Waals surface area contributed by atoms with Crippen LogP contribution in [-0.4, -0.2) is 51.3 Å². The van der Waals surface area contributed by atoms with Crippen molar-refractivity contribution in [2.75, 3.05) is 0 Å². The van der Waals surface area contributed by atoms with E-state index in [2.05, 4.69) is 0 Å². The fourth-order valence-electron chi connectivity index (χ4n) is 0. The van der Waals surface area contributed by atoms with Gasteiger partial charge in [-0.05, 0) is 0 Å². The molecule has 20 nitrogen and oxygen atoms in total. The number of hydrogen-bond acceptors (Lipinski definition) is 15. The van der Waals surface area contributed by atoms with Gasteiger partial charge < -0.3 is 76.6 Å². The Morgan fingerprint density at radius 1 is 0.364 bits per heavy atom. The van der Waals surface area contributed by atoms with Crippen molar-refractivity contribution in [3.63, 3.8) is 0 Å². The molecule has 0 rings (SSSR count). The molecule has 0 saturated heterocycles. The smallest absolute Gasteiger partial charge is 0.356 e. The minimum absolute atomic E-state index is 0.